The van der Waals surface area contributed by atoms with E-state index in [4.69, 9.17) is 5.73 Å². The van der Waals surface area contributed by atoms with E-state index in [2.05, 4.69) is 17.2 Å². The lowest BCUT2D eigenvalue weighted by Gasteiger charge is -2.28. The average Bonchev–Trinajstić information content (AvgIpc) is 2.50. The Labute approximate surface area is 129 Å². The number of allylic oxidation sites excluding steroid dienone is 1. The fraction of sp³-hybridized carbons (Fsp3) is 0.294. The van der Waals surface area contributed by atoms with E-state index in [-0.39, 0.29) is 5.56 Å². The van der Waals surface area contributed by atoms with Crippen molar-refractivity contribution in [3.8, 4) is 0 Å². The Morgan fingerprint density at radius 2 is 2.00 bits per heavy atom. The Balaban J connectivity index is 2.34. The highest BCUT2D eigenvalue weighted by Crippen LogP contribution is 2.23. The van der Waals surface area contributed by atoms with Crippen LogP contribution in [0.5, 0.6) is 0 Å². The molecule has 1 atom stereocenters. The molecule has 1 aromatic heterocycles. The van der Waals surface area contributed by atoms with Crippen LogP contribution in [0.1, 0.15) is 25.8 Å². The number of nitrogens with zero attached hydrogens (tertiary/aromatic N) is 2. The number of nitrogens with two attached hydrogens (primary N) is 1. The number of benzene rings is 1. The highest BCUT2D eigenvalue weighted by molar-refractivity contribution is 6.19. The number of rotatable bonds is 2. The monoisotopic (exact) mass is 296 g/mol. The van der Waals surface area contributed by atoms with Crippen LogP contribution in [0.4, 0.5) is 0 Å². The van der Waals surface area contributed by atoms with E-state index >= 15 is 0 Å². The van der Waals surface area contributed by atoms with Crippen molar-refractivity contribution in [2.24, 2.45) is 17.8 Å². The molecule has 0 spiro atoms. The van der Waals surface area contributed by atoms with E-state index in [1.807, 2.05) is 43.6 Å². The number of aromatic nitrogens is 1. The van der Waals surface area contributed by atoms with Crippen molar-refractivity contribution in [2.75, 3.05) is 0 Å². The van der Waals surface area contributed by atoms with Gasteiger partial charge in [0.25, 0.3) is 5.56 Å². The van der Waals surface area contributed by atoms with Crippen LogP contribution in [0.15, 0.2) is 52.0 Å². The number of aliphatic imine (C=N–C) groups is 1. The predicted octanol–water partition coefficient (Wildman–Crippen LogP) is 1.86. The molecule has 3 rings (SSSR count). The molecule has 0 bridgehead atoms. The van der Waals surface area contributed by atoms with Gasteiger partial charge in [-0.2, -0.15) is 0 Å². The lowest BCUT2D eigenvalue weighted by atomic mass is 9.96. The van der Waals surface area contributed by atoms with E-state index < -0.39 is 5.79 Å². The Hall–Kier alpha value is -2.40. The van der Waals surface area contributed by atoms with Crippen LogP contribution in [0.3, 0.4) is 0 Å². The summed E-state index contributed by atoms with van der Waals surface area (Å²) in [6.45, 7) is 3.90. The smallest absolute Gasteiger partial charge is 0.258 e. The van der Waals surface area contributed by atoms with Gasteiger partial charge >= 0.3 is 0 Å². The maximum atomic E-state index is 12.3. The van der Waals surface area contributed by atoms with Crippen LogP contribution in [0.25, 0.3) is 10.8 Å². The minimum Gasteiger partial charge on any atom is -0.355 e. The molecule has 1 aliphatic rings. The third kappa shape index (κ3) is 2.33. The Bertz CT molecular complexity index is 859. The number of nitrogens with one attached hydrogen (secondary N) is 1. The van der Waals surface area contributed by atoms with Gasteiger partial charge in [0.1, 0.15) is 0 Å². The van der Waals surface area contributed by atoms with Gasteiger partial charge in [0.2, 0.25) is 0 Å². The first-order chi connectivity index (χ1) is 10.4. The number of fused-ring (bicyclic) bond motifs is 1. The normalized spacial score (nSPS) is 21.3. The molecular weight excluding hydrogens is 276 g/mol. The molecule has 2 aromatic rings. The lowest BCUT2D eigenvalue weighted by molar-refractivity contribution is 0.433. The second kappa shape index (κ2) is 5.10. The van der Waals surface area contributed by atoms with Crippen LogP contribution < -0.4 is 16.6 Å². The molecule has 5 heteroatoms. The molecule has 0 amide bonds. The van der Waals surface area contributed by atoms with Crippen molar-refractivity contribution in [2.45, 2.75) is 26.1 Å². The summed E-state index contributed by atoms with van der Waals surface area (Å²) < 4.78 is 1.60. The zero-order valence-electron chi connectivity index (χ0n) is 13.1. The summed E-state index contributed by atoms with van der Waals surface area (Å²) in [7, 11) is 1.76. The summed E-state index contributed by atoms with van der Waals surface area (Å²) in [6, 6.07) is 7.61. The molecule has 0 saturated heterocycles. The predicted molar refractivity (Wildman–Crippen MR) is 89.8 cm³/mol. The van der Waals surface area contributed by atoms with E-state index in [0.29, 0.717) is 5.39 Å². The molecule has 2 heterocycles. The molecule has 1 aliphatic heterocycles. The molecule has 0 aliphatic carbocycles. The van der Waals surface area contributed by atoms with E-state index in [9.17, 15) is 4.79 Å². The highest BCUT2D eigenvalue weighted by atomic mass is 16.1. The molecule has 5 nitrogen and oxygen atoms in total. The van der Waals surface area contributed by atoms with Crippen LogP contribution in [0.2, 0.25) is 0 Å². The first-order valence-electron chi connectivity index (χ1n) is 7.37. The third-order valence-electron chi connectivity index (χ3n) is 3.91. The molecule has 22 heavy (non-hydrogen) atoms. The molecule has 1 aromatic carbocycles. The SMILES string of the molecule is CCC1=CN[C@@](C)(N)N=C1c1cn(C)c(=O)c2ccccc12. The fourth-order valence-electron chi connectivity index (χ4n) is 2.75. The molecular formula is C17H20N4O. The first-order valence-corrected chi connectivity index (χ1v) is 7.37. The van der Waals surface area contributed by atoms with Crippen molar-refractivity contribution in [3.05, 3.63) is 58.2 Å². The quantitative estimate of drug-likeness (QED) is 0.888. The van der Waals surface area contributed by atoms with Crippen molar-refractivity contribution >= 4 is 16.5 Å². The molecule has 3 N–H and O–H groups in total. The molecule has 114 valence electrons. The molecule has 0 unspecified atom stereocenters. The Morgan fingerprint density at radius 3 is 2.68 bits per heavy atom. The van der Waals surface area contributed by atoms with Crippen LogP contribution in [-0.4, -0.2) is 16.1 Å². The van der Waals surface area contributed by atoms with Crippen molar-refractivity contribution in [1.29, 1.82) is 0 Å². The topological polar surface area (TPSA) is 72.4 Å². The number of hydrogen-bond donors (Lipinski definition) is 2. The van der Waals surface area contributed by atoms with Crippen LogP contribution >= 0.6 is 0 Å². The first kappa shape index (κ1) is 14.5. The minimum atomic E-state index is -0.843. The van der Waals surface area contributed by atoms with Crippen LogP contribution in [-0.2, 0) is 7.05 Å². The largest absolute Gasteiger partial charge is 0.355 e. The maximum absolute atomic E-state index is 12.3. The van der Waals surface area contributed by atoms with E-state index in [1.54, 1.807) is 11.6 Å². The van der Waals surface area contributed by atoms with Gasteiger partial charge in [0.05, 0.1) is 5.71 Å². The summed E-state index contributed by atoms with van der Waals surface area (Å²) in [5.74, 6) is -0.843. The van der Waals surface area contributed by atoms with Gasteiger partial charge in [-0.15, -0.1) is 0 Å². The van der Waals surface area contributed by atoms with Gasteiger partial charge < -0.3 is 9.88 Å². The molecule has 0 radical (unpaired) electrons. The highest BCUT2D eigenvalue weighted by Gasteiger charge is 2.24. The third-order valence-corrected chi connectivity index (χ3v) is 3.91. The number of aryl methyl sites for hydroxylation is 1. The second-order valence-corrected chi connectivity index (χ2v) is 5.78. The van der Waals surface area contributed by atoms with Crippen molar-refractivity contribution in [1.82, 2.24) is 9.88 Å². The minimum absolute atomic E-state index is 0.00794. The van der Waals surface area contributed by atoms with Gasteiger partial charge in [-0.25, -0.2) is 4.99 Å². The summed E-state index contributed by atoms with van der Waals surface area (Å²) >= 11 is 0. The standard InChI is InChI=1S/C17H20N4O/c1-4-11-9-19-17(2,18)20-15(11)14-10-21(3)16(22)13-8-6-5-7-12(13)14/h5-10,19H,4,18H2,1-3H3/t17-/m1/s1. The summed E-state index contributed by atoms with van der Waals surface area (Å²) in [6.07, 6.45) is 4.59. The zero-order valence-corrected chi connectivity index (χ0v) is 13.1. The van der Waals surface area contributed by atoms with Gasteiger partial charge in [-0.05, 0) is 30.4 Å². The van der Waals surface area contributed by atoms with Gasteiger partial charge in [-0.3, -0.25) is 10.5 Å². The summed E-state index contributed by atoms with van der Waals surface area (Å²) in [5.41, 5.74) is 8.97. The molecule has 0 fully saturated rings. The van der Waals surface area contributed by atoms with E-state index in [1.165, 1.54) is 0 Å². The Morgan fingerprint density at radius 1 is 1.32 bits per heavy atom. The van der Waals surface area contributed by atoms with Gasteiger partial charge in [0, 0.05) is 30.4 Å². The molecule has 0 saturated carbocycles. The lowest BCUT2D eigenvalue weighted by Crippen LogP contribution is -2.49. The average molecular weight is 296 g/mol. The maximum Gasteiger partial charge on any atom is 0.258 e. The Kier molecular flexibility index (Phi) is 3.37. The number of hydrogen-bond acceptors (Lipinski definition) is 4. The van der Waals surface area contributed by atoms with Crippen molar-refractivity contribution in [3.63, 3.8) is 0 Å². The second-order valence-electron chi connectivity index (χ2n) is 5.78. The van der Waals surface area contributed by atoms with Gasteiger partial charge in [0.15, 0.2) is 5.79 Å². The van der Waals surface area contributed by atoms with E-state index in [0.717, 1.165) is 28.7 Å². The fourth-order valence-corrected chi connectivity index (χ4v) is 2.75. The zero-order chi connectivity index (χ0) is 15.9. The van der Waals surface area contributed by atoms with Crippen molar-refractivity contribution < 1.29 is 0 Å². The van der Waals surface area contributed by atoms with Crippen LogP contribution in [0, 0.1) is 0 Å². The van der Waals surface area contributed by atoms with Gasteiger partial charge in [-0.1, -0.05) is 25.1 Å². The number of pyridine rings is 1. The summed E-state index contributed by atoms with van der Waals surface area (Å²) in [4.78, 5) is 17.0. The summed E-state index contributed by atoms with van der Waals surface area (Å²) in [5, 5.41) is 4.69.